The number of halogens is 1. The SMILES string of the molecule is CN1CCNCC1c1noc(C(Sc2ccccc2F)c2ccccc2)n1. The number of nitrogens with one attached hydrogen (secondary N) is 1. The van der Waals surface area contributed by atoms with Crippen molar-refractivity contribution in [3.8, 4) is 0 Å². The van der Waals surface area contributed by atoms with E-state index >= 15 is 0 Å². The van der Waals surface area contributed by atoms with Crippen molar-refractivity contribution < 1.29 is 8.91 Å². The number of likely N-dealkylation sites (N-methyl/N-ethyl adjacent to an activating group) is 1. The van der Waals surface area contributed by atoms with Gasteiger partial charge in [0.1, 0.15) is 11.1 Å². The Morgan fingerprint density at radius 3 is 2.74 bits per heavy atom. The predicted octanol–water partition coefficient (Wildman–Crippen LogP) is 3.67. The van der Waals surface area contributed by atoms with Crippen molar-refractivity contribution in [1.82, 2.24) is 20.4 Å². The topological polar surface area (TPSA) is 54.2 Å². The smallest absolute Gasteiger partial charge is 0.244 e. The summed E-state index contributed by atoms with van der Waals surface area (Å²) in [6.45, 7) is 2.67. The quantitative estimate of drug-likeness (QED) is 0.678. The van der Waals surface area contributed by atoms with Crippen molar-refractivity contribution in [2.75, 3.05) is 26.7 Å². The minimum Gasteiger partial charge on any atom is -0.338 e. The number of aromatic nitrogens is 2. The Bertz CT molecular complexity index is 888. The van der Waals surface area contributed by atoms with Gasteiger partial charge in [0.05, 0.1) is 6.04 Å². The zero-order valence-corrected chi connectivity index (χ0v) is 15.8. The van der Waals surface area contributed by atoms with Crippen LogP contribution in [0.2, 0.25) is 0 Å². The molecule has 1 aromatic heterocycles. The van der Waals surface area contributed by atoms with E-state index in [1.54, 1.807) is 12.1 Å². The molecule has 0 saturated carbocycles. The Morgan fingerprint density at radius 1 is 1.19 bits per heavy atom. The van der Waals surface area contributed by atoms with E-state index in [1.165, 1.54) is 17.8 Å². The summed E-state index contributed by atoms with van der Waals surface area (Å²) in [6.07, 6.45) is 0. The van der Waals surface area contributed by atoms with Crippen LogP contribution in [0.3, 0.4) is 0 Å². The van der Waals surface area contributed by atoms with Crippen LogP contribution >= 0.6 is 11.8 Å². The molecule has 2 atom stereocenters. The van der Waals surface area contributed by atoms with Gasteiger partial charge in [-0.2, -0.15) is 4.98 Å². The summed E-state index contributed by atoms with van der Waals surface area (Å²) in [5.41, 5.74) is 0.996. The molecule has 4 rings (SSSR count). The molecule has 0 bridgehead atoms. The van der Waals surface area contributed by atoms with Crippen molar-refractivity contribution in [1.29, 1.82) is 0 Å². The number of rotatable bonds is 5. The first-order valence-electron chi connectivity index (χ1n) is 8.93. The molecule has 0 aliphatic carbocycles. The highest BCUT2D eigenvalue weighted by Gasteiger charge is 2.29. The van der Waals surface area contributed by atoms with Crippen LogP contribution in [0.25, 0.3) is 0 Å². The molecule has 3 aromatic rings. The first-order chi connectivity index (χ1) is 13.2. The number of nitrogens with zero attached hydrogens (tertiary/aromatic N) is 3. The van der Waals surface area contributed by atoms with Gasteiger partial charge in [0.15, 0.2) is 5.82 Å². The third-order valence-electron chi connectivity index (χ3n) is 4.67. The molecular weight excluding hydrogens is 363 g/mol. The zero-order chi connectivity index (χ0) is 18.6. The van der Waals surface area contributed by atoms with Crippen molar-refractivity contribution in [3.63, 3.8) is 0 Å². The highest BCUT2D eigenvalue weighted by atomic mass is 32.2. The molecule has 27 heavy (non-hydrogen) atoms. The second-order valence-corrected chi connectivity index (χ2v) is 7.68. The summed E-state index contributed by atoms with van der Waals surface area (Å²) >= 11 is 1.38. The van der Waals surface area contributed by atoms with Crippen LogP contribution in [0.15, 0.2) is 64.0 Å². The van der Waals surface area contributed by atoms with Gasteiger partial charge >= 0.3 is 0 Å². The van der Waals surface area contributed by atoms with E-state index in [-0.39, 0.29) is 17.1 Å². The van der Waals surface area contributed by atoms with E-state index in [9.17, 15) is 4.39 Å². The minimum absolute atomic E-state index is 0.0751. The first-order valence-corrected chi connectivity index (χ1v) is 9.81. The molecule has 2 heterocycles. The normalized spacial score (nSPS) is 19.1. The molecule has 1 saturated heterocycles. The molecule has 1 aliphatic heterocycles. The van der Waals surface area contributed by atoms with Crippen molar-refractivity contribution >= 4 is 11.8 Å². The Hall–Kier alpha value is -2.22. The lowest BCUT2D eigenvalue weighted by Crippen LogP contribution is -2.44. The van der Waals surface area contributed by atoms with Gasteiger partial charge in [-0.1, -0.05) is 47.6 Å². The molecule has 1 aliphatic rings. The molecule has 2 unspecified atom stereocenters. The van der Waals surface area contributed by atoms with Gasteiger partial charge < -0.3 is 9.84 Å². The van der Waals surface area contributed by atoms with E-state index in [2.05, 4.69) is 27.4 Å². The highest BCUT2D eigenvalue weighted by molar-refractivity contribution is 7.99. The average molecular weight is 384 g/mol. The number of hydrogen-bond acceptors (Lipinski definition) is 6. The maximum Gasteiger partial charge on any atom is 0.244 e. The fourth-order valence-electron chi connectivity index (χ4n) is 3.14. The third-order valence-corrected chi connectivity index (χ3v) is 5.97. The molecule has 2 aromatic carbocycles. The van der Waals surface area contributed by atoms with Crippen LogP contribution < -0.4 is 5.32 Å². The van der Waals surface area contributed by atoms with Crippen LogP contribution in [0.1, 0.15) is 28.6 Å². The van der Waals surface area contributed by atoms with E-state index < -0.39 is 0 Å². The Balaban J connectivity index is 1.66. The van der Waals surface area contributed by atoms with Gasteiger partial charge in [-0.25, -0.2) is 4.39 Å². The summed E-state index contributed by atoms with van der Waals surface area (Å²) in [5, 5.41) is 7.32. The van der Waals surface area contributed by atoms with Crippen LogP contribution in [0.4, 0.5) is 4.39 Å². The van der Waals surface area contributed by atoms with Gasteiger partial charge in [0.25, 0.3) is 0 Å². The zero-order valence-electron chi connectivity index (χ0n) is 15.0. The summed E-state index contributed by atoms with van der Waals surface area (Å²) < 4.78 is 19.9. The van der Waals surface area contributed by atoms with E-state index in [0.717, 1.165) is 25.2 Å². The highest BCUT2D eigenvalue weighted by Crippen LogP contribution is 2.41. The summed E-state index contributed by atoms with van der Waals surface area (Å²) in [7, 11) is 2.06. The Kier molecular flexibility index (Phi) is 5.52. The monoisotopic (exact) mass is 384 g/mol. The summed E-state index contributed by atoms with van der Waals surface area (Å²) in [4.78, 5) is 7.46. The third kappa shape index (κ3) is 4.05. The Morgan fingerprint density at radius 2 is 1.96 bits per heavy atom. The van der Waals surface area contributed by atoms with E-state index in [4.69, 9.17) is 4.52 Å². The second kappa shape index (κ2) is 8.21. The van der Waals surface area contributed by atoms with Gasteiger partial charge in [-0.05, 0) is 24.7 Å². The Labute approximate surface area is 162 Å². The standard InChI is InChI=1S/C20H21FN4OS/c1-25-12-11-22-13-16(25)19-23-20(26-24-19)18(14-7-3-2-4-8-14)27-17-10-6-5-9-15(17)21/h2-10,16,18,22H,11-13H2,1H3. The van der Waals surface area contributed by atoms with Gasteiger partial charge in [0.2, 0.25) is 5.89 Å². The molecule has 1 N–H and O–H groups in total. The maximum absolute atomic E-state index is 14.2. The number of benzene rings is 2. The van der Waals surface area contributed by atoms with Crippen LogP contribution in [0.5, 0.6) is 0 Å². The predicted molar refractivity (Wildman–Crippen MR) is 103 cm³/mol. The molecule has 5 nitrogen and oxygen atoms in total. The van der Waals surface area contributed by atoms with Gasteiger partial charge in [-0.3, -0.25) is 4.90 Å². The molecule has 0 spiro atoms. The molecule has 7 heteroatoms. The average Bonchev–Trinajstić information content (AvgIpc) is 3.18. The van der Waals surface area contributed by atoms with Crippen LogP contribution in [-0.4, -0.2) is 41.7 Å². The minimum atomic E-state index is -0.272. The molecule has 0 amide bonds. The second-order valence-electron chi connectivity index (χ2n) is 6.53. The van der Waals surface area contributed by atoms with Gasteiger partial charge in [-0.15, -0.1) is 11.8 Å². The lowest BCUT2D eigenvalue weighted by molar-refractivity contribution is 0.190. The fraction of sp³-hybridized carbons (Fsp3) is 0.300. The maximum atomic E-state index is 14.2. The largest absolute Gasteiger partial charge is 0.338 e. The molecule has 140 valence electrons. The molecule has 0 radical (unpaired) electrons. The number of hydrogen-bond donors (Lipinski definition) is 1. The van der Waals surface area contributed by atoms with Crippen molar-refractivity contribution in [2.45, 2.75) is 16.2 Å². The van der Waals surface area contributed by atoms with E-state index in [1.807, 2.05) is 36.4 Å². The van der Waals surface area contributed by atoms with Crippen molar-refractivity contribution in [3.05, 3.63) is 77.7 Å². The lowest BCUT2D eigenvalue weighted by atomic mass is 10.1. The lowest BCUT2D eigenvalue weighted by Gasteiger charge is -2.30. The number of thioether (sulfide) groups is 1. The molecular formula is C20H21FN4OS. The van der Waals surface area contributed by atoms with Crippen LogP contribution in [-0.2, 0) is 0 Å². The van der Waals surface area contributed by atoms with Gasteiger partial charge in [0, 0.05) is 24.5 Å². The fourth-order valence-corrected chi connectivity index (χ4v) is 4.22. The summed E-state index contributed by atoms with van der Waals surface area (Å²) in [5.74, 6) is 0.901. The number of piperazine rings is 1. The van der Waals surface area contributed by atoms with E-state index in [0.29, 0.717) is 16.6 Å². The van der Waals surface area contributed by atoms with Crippen molar-refractivity contribution in [2.24, 2.45) is 0 Å². The molecule has 1 fully saturated rings. The summed E-state index contributed by atoms with van der Waals surface area (Å²) in [6, 6.07) is 16.7. The van der Waals surface area contributed by atoms with Crippen LogP contribution in [0, 0.1) is 5.82 Å². The first kappa shape index (κ1) is 18.2.